The van der Waals surface area contributed by atoms with Crippen LogP contribution in [0, 0.1) is 0 Å². The molecule has 1 saturated heterocycles. The molecule has 2 aromatic heterocycles. The van der Waals surface area contributed by atoms with Gasteiger partial charge in [0.1, 0.15) is 0 Å². The molecule has 2 aromatic rings. The first-order valence-electron chi connectivity index (χ1n) is 8.66. The number of rotatable bonds is 8. The second kappa shape index (κ2) is 9.82. The summed E-state index contributed by atoms with van der Waals surface area (Å²) in [5.41, 5.74) is 0.639. The number of thiophene rings is 2. The van der Waals surface area contributed by atoms with Gasteiger partial charge in [0.25, 0.3) is 5.91 Å². The van der Waals surface area contributed by atoms with E-state index in [2.05, 4.69) is 27.0 Å². The van der Waals surface area contributed by atoms with E-state index in [0.29, 0.717) is 18.7 Å². The van der Waals surface area contributed by atoms with Crippen LogP contribution in [-0.2, 0) is 9.53 Å². The van der Waals surface area contributed by atoms with Gasteiger partial charge >= 0.3 is 0 Å². The van der Waals surface area contributed by atoms with Gasteiger partial charge in [0.05, 0.1) is 19.3 Å². The number of hydrogen-bond donors (Lipinski definition) is 2. The Kier molecular flexibility index (Phi) is 7.19. The van der Waals surface area contributed by atoms with Gasteiger partial charge in [-0.1, -0.05) is 6.07 Å². The third kappa shape index (κ3) is 5.38. The number of ether oxygens (including phenoxy) is 1. The number of morpholine rings is 1. The van der Waals surface area contributed by atoms with Crippen LogP contribution in [0.1, 0.15) is 27.7 Å². The predicted octanol–water partition coefficient (Wildman–Crippen LogP) is 2.12. The molecule has 0 spiro atoms. The van der Waals surface area contributed by atoms with Crippen molar-refractivity contribution in [2.75, 3.05) is 39.4 Å². The predicted molar refractivity (Wildman–Crippen MR) is 104 cm³/mol. The van der Waals surface area contributed by atoms with Crippen molar-refractivity contribution in [3.63, 3.8) is 0 Å². The fraction of sp³-hybridized carbons (Fsp3) is 0.444. The van der Waals surface area contributed by atoms with Gasteiger partial charge in [-0.25, -0.2) is 0 Å². The summed E-state index contributed by atoms with van der Waals surface area (Å²) in [5, 5.41) is 11.5. The van der Waals surface area contributed by atoms with E-state index in [1.807, 2.05) is 11.4 Å². The molecule has 2 N–H and O–H groups in total. The van der Waals surface area contributed by atoms with Crippen LogP contribution in [0.4, 0.5) is 0 Å². The van der Waals surface area contributed by atoms with Crippen LogP contribution < -0.4 is 10.6 Å². The Labute approximate surface area is 161 Å². The van der Waals surface area contributed by atoms with Crippen LogP contribution >= 0.6 is 22.7 Å². The van der Waals surface area contributed by atoms with Crippen molar-refractivity contribution in [3.8, 4) is 0 Å². The topological polar surface area (TPSA) is 70.7 Å². The van der Waals surface area contributed by atoms with Gasteiger partial charge in [-0.15, -0.1) is 11.3 Å². The van der Waals surface area contributed by atoms with E-state index in [-0.39, 0.29) is 24.3 Å². The molecule has 140 valence electrons. The number of nitrogens with zero attached hydrogens (tertiary/aromatic N) is 1. The highest BCUT2D eigenvalue weighted by Crippen LogP contribution is 2.25. The van der Waals surface area contributed by atoms with Crippen molar-refractivity contribution in [1.82, 2.24) is 15.5 Å². The van der Waals surface area contributed by atoms with E-state index in [9.17, 15) is 9.59 Å². The molecular weight excluding hydrogens is 370 g/mol. The molecule has 3 rings (SSSR count). The molecule has 6 nitrogen and oxygen atoms in total. The standard InChI is InChI=1S/C18H23N3O3S2/c22-17(3-5-19-18(23)14-4-11-25-13-14)20-12-15(16-2-1-10-26-16)21-6-8-24-9-7-21/h1-2,4,10-11,13,15H,3,5-9,12H2,(H,19,23)(H,20,22). The van der Waals surface area contributed by atoms with E-state index in [1.54, 1.807) is 22.8 Å². The molecule has 8 heteroatoms. The van der Waals surface area contributed by atoms with Gasteiger partial charge < -0.3 is 15.4 Å². The highest BCUT2D eigenvalue weighted by atomic mass is 32.1. The minimum atomic E-state index is -0.135. The van der Waals surface area contributed by atoms with Crippen LogP contribution in [-0.4, -0.2) is 56.1 Å². The summed E-state index contributed by atoms with van der Waals surface area (Å²) in [6.45, 7) is 4.10. The fourth-order valence-corrected chi connectivity index (χ4v) is 4.36. The number of nitrogens with one attached hydrogen (secondary N) is 2. The molecule has 2 amide bonds. The summed E-state index contributed by atoms with van der Waals surface area (Å²) in [7, 11) is 0. The van der Waals surface area contributed by atoms with E-state index in [4.69, 9.17) is 4.74 Å². The van der Waals surface area contributed by atoms with Crippen LogP contribution in [0.25, 0.3) is 0 Å². The van der Waals surface area contributed by atoms with Crippen LogP contribution in [0.2, 0.25) is 0 Å². The maximum absolute atomic E-state index is 12.2. The Morgan fingerprint density at radius 3 is 2.73 bits per heavy atom. The Bertz CT molecular complexity index is 683. The van der Waals surface area contributed by atoms with E-state index in [1.165, 1.54) is 16.2 Å². The number of carbonyl (C=O) groups excluding carboxylic acids is 2. The van der Waals surface area contributed by atoms with Gasteiger partial charge in [-0.2, -0.15) is 11.3 Å². The molecule has 1 aliphatic rings. The SMILES string of the molecule is O=C(CCNC(=O)c1ccsc1)NCC(c1cccs1)N1CCOCC1. The zero-order valence-electron chi connectivity index (χ0n) is 14.5. The minimum absolute atomic E-state index is 0.0505. The lowest BCUT2D eigenvalue weighted by atomic mass is 10.2. The lowest BCUT2D eigenvalue weighted by Crippen LogP contribution is -2.43. The molecule has 0 radical (unpaired) electrons. The summed E-state index contributed by atoms with van der Waals surface area (Å²) < 4.78 is 5.43. The molecule has 3 heterocycles. The Morgan fingerprint density at radius 2 is 2.04 bits per heavy atom. The largest absolute Gasteiger partial charge is 0.379 e. The molecular formula is C18H23N3O3S2. The molecule has 0 aromatic carbocycles. The first-order valence-corrected chi connectivity index (χ1v) is 10.5. The zero-order chi connectivity index (χ0) is 18.2. The Hall–Kier alpha value is -1.74. The monoisotopic (exact) mass is 393 g/mol. The molecule has 1 unspecified atom stereocenters. The van der Waals surface area contributed by atoms with Crippen molar-refractivity contribution in [2.24, 2.45) is 0 Å². The Balaban J connectivity index is 1.44. The van der Waals surface area contributed by atoms with Gasteiger partial charge in [0.15, 0.2) is 0 Å². The highest BCUT2D eigenvalue weighted by Gasteiger charge is 2.23. The number of hydrogen-bond acceptors (Lipinski definition) is 6. The summed E-state index contributed by atoms with van der Waals surface area (Å²) in [6, 6.07) is 6.09. The molecule has 1 aliphatic heterocycles. The summed E-state index contributed by atoms with van der Waals surface area (Å²) in [5.74, 6) is -0.186. The van der Waals surface area contributed by atoms with Crippen molar-refractivity contribution in [1.29, 1.82) is 0 Å². The van der Waals surface area contributed by atoms with Crippen LogP contribution in [0.5, 0.6) is 0 Å². The molecule has 26 heavy (non-hydrogen) atoms. The molecule has 0 bridgehead atoms. The van der Waals surface area contributed by atoms with Crippen LogP contribution in [0.3, 0.4) is 0 Å². The quantitative estimate of drug-likeness (QED) is 0.721. The van der Waals surface area contributed by atoms with Crippen molar-refractivity contribution in [3.05, 3.63) is 44.8 Å². The van der Waals surface area contributed by atoms with Crippen molar-refractivity contribution >= 4 is 34.5 Å². The fourth-order valence-electron chi connectivity index (χ4n) is 2.86. The molecule has 1 fully saturated rings. The first kappa shape index (κ1) is 19.0. The lowest BCUT2D eigenvalue weighted by Gasteiger charge is -2.34. The zero-order valence-corrected chi connectivity index (χ0v) is 16.1. The third-order valence-corrected chi connectivity index (χ3v) is 5.93. The molecule has 1 atom stereocenters. The second-order valence-corrected chi connectivity index (χ2v) is 7.76. The number of carbonyl (C=O) groups is 2. The van der Waals surface area contributed by atoms with Crippen molar-refractivity contribution < 1.29 is 14.3 Å². The normalized spacial score (nSPS) is 16.2. The molecule has 0 aliphatic carbocycles. The van der Waals surface area contributed by atoms with Gasteiger partial charge in [-0.3, -0.25) is 14.5 Å². The lowest BCUT2D eigenvalue weighted by molar-refractivity contribution is -0.121. The highest BCUT2D eigenvalue weighted by molar-refractivity contribution is 7.10. The third-order valence-electron chi connectivity index (χ3n) is 4.27. The average molecular weight is 394 g/mol. The van der Waals surface area contributed by atoms with Crippen molar-refractivity contribution in [2.45, 2.75) is 12.5 Å². The maximum Gasteiger partial charge on any atom is 0.252 e. The summed E-state index contributed by atoms with van der Waals surface area (Å²) in [4.78, 5) is 27.6. The van der Waals surface area contributed by atoms with E-state index < -0.39 is 0 Å². The Morgan fingerprint density at radius 1 is 1.19 bits per heavy atom. The summed E-state index contributed by atoms with van der Waals surface area (Å²) >= 11 is 3.19. The smallest absolute Gasteiger partial charge is 0.252 e. The van der Waals surface area contributed by atoms with Crippen LogP contribution in [0.15, 0.2) is 34.3 Å². The maximum atomic E-state index is 12.2. The summed E-state index contributed by atoms with van der Waals surface area (Å²) in [6.07, 6.45) is 0.274. The number of amides is 2. The average Bonchev–Trinajstić information content (AvgIpc) is 3.37. The van der Waals surface area contributed by atoms with Gasteiger partial charge in [0.2, 0.25) is 5.91 Å². The minimum Gasteiger partial charge on any atom is -0.379 e. The van der Waals surface area contributed by atoms with E-state index >= 15 is 0 Å². The van der Waals surface area contributed by atoms with Gasteiger partial charge in [0, 0.05) is 48.4 Å². The van der Waals surface area contributed by atoms with Gasteiger partial charge in [-0.05, 0) is 22.9 Å². The molecule has 0 saturated carbocycles. The van der Waals surface area contributed by atoms with E-state index in [0.717, 1.165) is 26.3 Å². The second-order valence-electron chi connectivity index (χ2n) is 6.00. The first-order chi connectivity index (χ1) is 12.7.